The van der Waals surface area contributed by atoms with Crippen molar-refractivity contribution in [2.75, 3.05) is 6.54 Å². The number of rotatable bonds is 5. The van der Waals surface area contributed by atoms with Crippen molar-refractivity contribution in [1.82, 2.24) is 15.1 Å². The second kappa shape index (κ2) is 3.96. The minimum absolute atomic E-state index is 0.128. The summed E-state index contributed by atoms with van der Waals surface area (Å²) >= 11 is 0. The highest BCUT2D eigenvalue weighted by atomic mass is 16.4. The van der Waals surface area contributed by atoms with E-state index in [0.717, 1.165) is 0 Å². The van der Waals surface area contributed by atoms with Crippen molar-refractivity contribution < 1.29 is 14.7 Å². The van der Waals surface area contributed by atoms with Crippen LogP contribution in [0, 0.1) is 5.41 Å². The number of aromatic nitrogens is 2. The molecule has 1 aliphatic rings. The lowest BCUT2D eigenvalue weighted by Gasteiger charge is -2.10. The van der Waals surface area contributed by atoms with Crippen molar-refractivity contribution >= 4 is 11.9 Å². The maximum Gasteiger partial charge on any atom is 0.311 e. The highest BCUT2D eigenvalue weighted by Crippen LogP contribution is 2.45. The molecule has 1 fully saturated rings. The number of hydrogen-bond acceptors (Lipinski definition) is 3. The normalized spacial score (nSPS) is 16.8. The van der Waals surface area contributed by atoms with E-state index in [1.165, 1.54) is 4.68 Å². The van der Waals surface area contributed by atoms with Crippen LogP contribution >= 0.6 is 0 Å². The summed E-state index contributed by atoms with van der Waals surface area (Å²) in [7, 11) is 0. The Bertz CT molecular complexity index is 395. The Hall–Kier alpha value is -1.85. The van der Waals surface area contributed by atoms with Crippen LogP contribution in [0.5, 0.6) is 0 Å². The molecule has 6 nitrogen and oxygen atoms in total. The van der Waals surface area contributed by atoms with Crippen LogP contribution in [0.3, 0.4) is 0 Å². The summed E-state index contributed by atoms with van der Waals surface area (Å²) in [4.78, 5) is 22.3. The predicted molar refractivity (Wildman–Crippen MR) is 54.5 cm³/mol. The third-order valence-electron chi connectivity index (χ3n) is 2.80. The molecule has 1 saturated carbocycles. The minimum atomic E-state index is -0.827. The lowest BCUT2D eigenvalue weighted by Crippen LogP contribution is -2.36. The van der Waals surface area contributed by atoms with Crippen LogP contribution in [-0.2, 0) is 16.1 Å². The van der Waals surface area contributed by atoms with Crippen LogP contribution in [0.25, 0.3) is 0 Å². The Labute approximate surface area is 92.3 Å². The number of nitrogens with zero attached hydrogens (tertiary/aromatic N) is 2. The van der Waals surface area contributed by atoms with E-state index in [-0.39, 0.29) is 19.0 Å². The number of carbonyl (C=O) groups excluding carboxylic acids is 1. The molecule has 1 aromatic heterocycles. The molecule has 0 aromatic carbocycles. The summed E-state index contributed by atoms with van der Waals surface area (Å²) in [6.45, 7) is 0.338. The zero-order valence-corrected chi connectivity index (χ0v) is 8.72. The summed E-state index contributed by atoms with van der Waals surface area (Å²) in [6, 6.07) is 1.73. The Kier molecular flexibility index (Phi) is 2.64. The lowest BCUT2D eigenvalue weighted by molar-refractivity contribution is -0.143. The molecule has 0 atom stereocenters. The molecular weight excluding hydrogens is 210 g/mol. The van der Waals surface area contributed by atoms with E-state index in [1.807, 2.05) is 0 Å². The van der Waals surface area contributed by atoms with Crippen LogP contribution in [-0.4, -0.2) is 33.3 Å². The van der Waals surface area contributed by atoms with E-state index in [9.17, 15) is 9.59 Å². The number of nitrogens with one attached hydrogen (secondary N) is 1. The van der Waals surface area contributed by atoms with Gasteiger partial charge in [-0.2, -0.15) is 5.10 Å². The molecule has 6 heteroatoms. The molecule has 1 aliphatic carbocycles. The van der Waals surface area contributed by atoms with Crippen LogP contribution in [0.4, 0.5) is 0 Å². The van der Waals surface area contributed by atoms with Gasteiger partial charge in [0.1, 0.15) is 6.54 Å². The SMILES string of the molecule is O=C(Cn1cccn1)NCC1(C(=O)O)CC1. The van der Waals surface area contributed by atoms with Gasteiger partial charge in [-0.1, -0.05) is 0 Å². The van der Waals surface area contributed by atoms with Crippen molar-refractivity contribution in [3.05, 3.63) is 18.5 Å². The van der Waals surface area contributed by atoms with Gasteiger partial charge in [-0.05, 0) is 18.9 Å². The van der Waals surface area contributed by atoms with E-state index in [1.54, 1.807) is 18.5 Å². The first-order valence-corrected chi connectivity index (χ1v) is 5.10. The first-order chi connectivity index (χ1) is 7.62. The Morgan fingerprint density at radius 1 is 1.50 bits per heavy atom. The van der Waals surface area contributed by atoms with Crippen molar-refractivity contribution in [3.63, 3.8) is 0 Å². The predicted octanol–water partition coefficient (Wildman–Crippen LogP) is -0.136. The number of carbonyl (C=O) groups is 2. The molecule has 16 heavy (non-hydrogen) atoms. The summed E-state index contributed by atoms with van der Waals surface area (Å²) < 4.78 is 1.50. The summed E-state index contributed by atoms with van der Waals surface area (Å²) in [5, 5.41) is 15.4. The first-order valence-electron chi connectivity index (χ1n) is 5.10. The first kappa shape index (κ1) is 10.7. The molecule has 1 amide bonds. The van der Waals surface area contributed by atoms with E-state index in [4.69, 9.17) is 5.11 Å². The Morgan fingerprint density at radius 2 is 2.25 bits per heavy atom. The molecule has 2 N–H and O–H groups in total. The highest BCUT2D eigenvalue weighted by molar-refractivity contribution is 5.80. The quantitative estimate of drug-likeness (QED) is 0.728. The molecule has 0 bridgehead atoms. The van der Waals surface area contributed by atoms with Crippen LogP contribution in [0.1, 0.15) is 12.8 Å². The molecule has 86 valence electrons. The molecule has 0 saturated heterocycles. The number of carboxylic acid groups (broad SMARTS) is 1. The van der Waals surface area contributed by atoms with E-state index < -0.39 is 11.4 Å². The largest absolute Gasteiger partial charge is 0.481 e. The second-order valence-electron chi connectivity index (χ2n) is 4.07. The van der Waals surface area contributed by atoms with Crippen molar-refractivity contribution in [2.45, 2.75) is 19.4 Å². The fourth-order valence-electron chi connectivity index (χ4n) is 1.48. The van der Waals surface area contributed by atoms with E-state index in [0.29, 0.717) is 12.8 Å². The van der Waals surface area contributed by atoms with Gasteiger partial charge in [0.05, 0.1) is 5.41 Å². The van der Waals surface area contributed by atoms with Gasteiger partial charge in [-0.25, -0.2) is 0 Å². The molecule has 0 radical (unpaired) electrons. The smallest absolute Gasteiger partial charge is 0.311 e. The third kappa shape index (κ3) is 2.21. The molecule has 1 aromatic rings. The standard InChI is InChI=1S/C10H13N3O3/c14-8(6-13-5-1-4-12-13)11-7-10(2-3-10)9(15)16/h1,4-5H,2-3,6-7H2,(H,11,14)(H,15,16). The molecule has 0 aliphatic heterocycles. The number of hydrogen-bond donors (Lipinski definition) is 2. The van der Waals surface area contributed by atoms with Gasteiger partial charge in [0.2, 0.25) is 5.91 Å². The third-order valence-corrected chi connectivity index (χ3v) is 2.80. The van der Waals surface area contributed by atoms with Gasteiger partial charge in [0, 0.05) is 18.9 Å². The van der Waals surface area contributed by atoms with Crippen molar-refractivity contribution in [2.24, 2.45) is 5.41 Å². The Morgan fingerprint density at radius 3 is 2.75 bits per heavy atom. The molecule has 0 spiro atoms. The van der Waals surface area contributed by atoms with Gasteiger partial charge in [-0.15, -0.1) is 0 Å². The van der Waals surface area contributed by atoms with Gasteiger partial charge < -0.3 is 10.4 Å². The van der Waals surface area contributed by atoms with Crippen LogP contribution in [0.2, 0.25) is 0 Å². The zero-order chi connectivity index (χ0) is 11.6. The minimum Gasteiger partial charge on any atom is -0.481 e. The topological polar surface area (TPSA) is 84.2 Å². The fourth-order valence-corrected chi connectivity index (χ4v) is 1.48. The summed E-state index contributed by atoms with van der Waals surface area (Å²) in [5.74, 6) is -1.04. The maximum atomic E-state index is 11.4. The number of amides is 1. The van der Waals surface area contributed by atoms with Crippen molar-refractivity contribution in [3.8, 4) is 0 Å². The van der Waals surface area contributed by atoms with Crippen LogP contribution < -0.4 is 5.32 Å². The molecular formula is C10H13N3O3. The zero-order valence-electron chi connectivity index (χ0n) is 8.72. The highest BCUT2D eigenvalue weighted by Gasteiger charge is 2.50. The maximum absolute atomic E-state index is 11.4. The van der Waals surface area contributed by atoms with E-state index in [2.05, 4.69) is 10.4 Å². The average molecular weight is 223 g/mol. The lowest BCUT2D eigenvalue weighted by atomic mass is 10.1. The van der Waals surface area contributed by atoms with Gasteiger partial charge in [-0.3, -0.25) is 14.3 Å². The van der Waals surface area contributed by atoms with Crippen molar-refractivity contribution in [1.29, 1.82) is 0 Å². The number of carboxylic acids is 1. The molecule has 2 rings (SSSR count). The summed E-state index contributed by atoms with van der Waals surface area (Å²) in [5.41, 5.74) is -0.709. The summed E-state index contributed by atoms with van der Waals surface area (Å²) in [6.07, 6.45) is 4.56. The number of aliphatic carboxylic acids is 1. The van der Waals surface area contributed by atoms with E-state index >= 15 is 0 Å². The average Bonchev–Trinajstić information content (AvgIpc) is 2.88. The Balaban J connectivity index is 1.78. The van der Waals surface area contributed by atoms with Gasteiger partial charge in [0.15, 0.2) is 0 Å². The molecule has 1 heterocycles. The second-order valence-corrected chi connectivity index (χ2v) is 4.07. The molecule has 0 unspecified atom stereocenters. The monoisotopic (exact) mass is 223 g/mol. The van der Waals surface area contributed by atoms with Crippen LogP contribution in [0.15, 0.2) is 18.5 Å². The van der Waals surface area contributed by atoms with Gasteiger partial charge >= 0.3 is 5.97 Å². The fraction of sp³-hybridized carbons (Fsp3) is 0.500. The van der Waals surface area contributed by atoms with Gasteiger partial charge in [0.25, 0.3) is 0 Å².